The van der Waals surface area contributed by atoms with Crippen molar-refractivity contribution in [3.63, 3.8) is 0 Å². The Morgan fingerprint density at radius 2 is 1.71 bits per heavy atom. The first-order valence-electron chi connectivity index (χ1n) is 6.61. The van der Waals surface area contributed by atoms with E-state index in [-0.39, 0.29) is 0 Å². The Labute approximate surface area is 124 Å². The van der Waals surface area contributed by atoms with E-state index in [2.05, 4.69) is 38.2 Å². The molecule has 21 heavy (non-hydrogen) atoms. The third kappa shape index (κ3) is 7.94. The van der Waals surface area contributed by atoms with Gasteiger partial charge in [0.05, 0.1) is 6.61 Å². The molecule has 0 aliphatic carbocycles. The summed E-state index contributed by atoms with van der Waals surface area (Å²) in [6.07, 6.45) is 1.04. The van der Waals surface area contributed by atoms with Crippen LogP contribution in [0.25, 0.3) is 0 Å². The van der Waals surface area contributed by atoms with Crippen molar-refractivity contribution in [2.24, 2.45) is 0 Å². The fourth-order valence-corrected chi connectivity index (χ4v) is 1.58. The van der Waals surface area contributed by atoms with Crippen LogP contribution in [0.5, 0.6) is 5.75 Å². The van der Waals surface area contributed by atoms with Gasteiger partial charge in [-0.2, -0.15) is 0 Å². The van der Waals surface area contributed by atoms with Gasteiger partial charge in [-0.25, -0.2) is 9.59 Å². The molecule has 0 saturated carbocycles. The molecule has 0 fully saturated rings. The zero-order valence-electron chi connectivity index (χ0n) is 12.9. The minimum absolute atomic E-state index is 0.782. The highest BCUT2D eigenvalue weighted by atomic mass is 16.5. The largest absolute Gasteiger partial charge is 0.493 e. The number of rotatable bonds is 5. The van der Waals surface area contributed by atoms with E-state index in [1.807, 2.05) is 7.05 Å². The van der Waals surface area contributed by atoms with Gasteiger partial charge in [-0.1, -0.05) is 6.07 Å². The summed E-state index contributed by atoms with van der Waals surface area (Å²) < 4.78 is 5.76. The van der Waals surface area contributed by atoms with Gasteiger partial charge in [0.25, 0.3) is 0 Å². The Kier molecular flexibility index (Phi) is 8.80. The maximum Gasteiger partial charge on any atom is 0.414 e. The molecule has 1 aromatic rings. The standard InChI is InChI=1S/C13H21NO.C2H2O4/c1-10-8-11(2)12(3)13(9-10)15-7-5-6-14-4;3-1(4)2(5)6/h8-9,14H,5-7H2,1-4H3;(H,3,4)(H,5,6). The summed E-state index contributed by atoms with van der Waals surface area (Å²) >= 11 is 0. The predicted molar refractivity (Wildman–Crippen MR) is 80.0 cm³/mol. The molecule has 1 rings (SSSR count). The highest BCUT2D eigenvalue weighted by molar-refractivity contribution is 6.27. The Morgan fingerprint density at radius 3 is 2.19 bits per heavy atom. The van der Waals surface area contributed by atoms with Crippen LogP contribution in [0.3, 0.4) is 0 Å². The third-order valence-corrected chi connectivity index (χ3v) is 2.78. The lowest BCUT2D eigenvalue weighted by Gasteiger charge is -2.12. The molecule has 118 valence electrons. The second-order valence-corrected chi connectivity index (χ2v) is 4.62. The SMILES string of the molecule is CNCCCOc1cc(C)cc(C)c1C.O=C(O)C(=O)O. The van der Waals surface area contributed by atoms with Crippen molar-refractivity contribution in [3.05, 3.63) is 28.8 Å². The molecule has 0 aromatic heterocycles. The molecule has 0 heterocycles. The van der Waals surface area contributed by atoms with E-state index in [0.29, 0.717) is 0 Å². The van der Waals surface area contributed by atoms with Gasteiger partial charge in [-0.05, 0) is 63.5 Å². The summed E-state index contributed by atoms with van der Waals surface area (Å²) in [5, 5.41) is 17.9. The van der Waals surface area contributed by atoms with Crippen molar-refractivity contribution in [3.8, 4) is 5.75 Å². The van der Waals surface area contributed by atoms with E-state index in [1.54, 1.807) is 0 Å². The number of nitrogens with one attached hydrogen (secondary N) is 1. The average Bonchev–Trinajstić information content (AvgIpc) is 2.40. The van der Waals surface area contributed by atoms with Crippen molar-refractivity contribution >= 4 is 11.9 Å². The maximum atomic E-state index is 9.10. The van der Waals surface area contributed by atoms with Gasteiger partial charge in [-0.3, -0.25) is 0 Å². The maximum absolute atomic E-state index is 9.10. The third-order valence-electron chi connectivity index (χ3n) is 2.78. The number of ether oxygens (including phenoxy) is 1. The van der Waals surface area contributed by atoms with Crippen LogP contribution >= 0.6 is 0 Å². The molecule has 0 saturated heterocycles. The van der Waals surface area contributed by atoms with E-state index in [0.717, 1.165) is 25.3 Å². The zero-order valence-corrected chi connectivity index (χ0v) is 12.9. The topological polar surface area (TPSA) is 95.9 Å². The van der Waals surface area contributed by atoms with E-state index >= 15 is 0 Å². The Hall–Kier alpha value is -2.08. The Morgan fingerprint density at radius 1 is 1.14 bits per heavy atom. The quantitative estimate of drug-likeness (QED) is 0.566. The average molecular weight is 297 g/mol. The molecule has 6 nitrogen and oxygen atoms in total. The van der Waals surface area contributed by atoms with Crippen LogP contribution in [-0.4, -0.2) is 42.4 Å². The number of hydrogen-bond acceptors (Lipinski definition) is 4. The second kappa shape index (κ2) is 9.77. The van der Waals surface area contributed by atoms with E-state index < -0.39 is 11.9 Å². The number of carboxylic acids is 2. The highest BCUT2D eigenvalue weighted by Gasteiger charge is 2.04. The molecule has 0 aliphatic heterocycles. The van der Waals surface area contributed by atoms with Crippen molar-refractivity contribution in [2.45, 2.75) is 27.2 Å². The summed E-state index contributed by atoms with van der Waals surface area (Å²) in [4.78, 5) is 18.2. The van der Waals surface area contributed by atoms with Crippen LogP contribution in [0.15, 0.2) is 12.1 Å². The number of benzene rings is 1. The molecule has 0 atom stereocenters. The summed E-state index contributed by atoms with van der Waals surface area (Å²) in [6.45, 7) is 8.13. The molecule has 0 unspecified atom stereocenters. The normalized spacial score (nSPS) is 9.52. The summed E-state index contributed by atoms with van der Waals surface area (Å²) in [6, 6.07) is 4.30. The smallest absolute Gasteiger partial charge is 0.414 e. The van der Waals surface area contributed by atoms with Gasteiger partial charge < -0.3 is 20.3 Å². The zero-order chi connectivity index (χ0) is 16.4. The minimum atomic E-state index is -1.82. The lowest BCUT2D eigenvalue weighted by molar-refractivity contribution is -0.159. The first-order valence-corrected chi connectivity index (χ1v) is 6.61. The van der Waals surface area contributed by atoms with Crippen LogP contribution in [0.1, 0.15) is 23.1 Å². The fourth-order valence-electron chi connectivity index (χ4n) is 1.58. The second-order valence-electron chi connectivity index (χ2n) is 4.62. The van der Waals surface area contributed by atoms with Gasteiger partial charge in [0.15, 0.2) is 0 Å². The monoisotopic (exact) mass is 297 g/mol. The molecule has 3 N–H and O–H groups in total. The van der Waals surface area contributed by atoms with Gasteiger partial charge in [0.1, 0.15) is 5.75 Å². The van der Waals surface area contributed by atoms with Gasteiger partial charge in [0.2, 0.25) is 0 Å². The molecule has 6 heteroatoms. The number of carboxylic acid groups (broad SMARTS) is 2. The fraction of sp³-hybridized carbons (Fsp3) is 0.467. The van der Waals surface area contributed by atoms with Gasteiger partial charge in [-0.15, -0.1) is 0 Å². The van der Waals surface area contributed by atoms with Crippen LogP contribution < -0.4 is 10.1 Å². The first-order chi connectivity index (χ1) is 9.79. The summed E-state index contributed by atoms with van der Waals surface area (Å²) in [5.41, 5.74) is 3.82. The molecule has 0 aliphatic rings. The molecular weight excluding hydrogens is 274 g/mol. The number of carbonyl (C=O) groups is 2. The van der Waals surface area contributed by atoms with Gasteiger partial charge in [0, 0.05) is 0 Å². The van der Waals surface area contributed by atoms with E-state index in [1.165, 1.54) is 16.7 Å². The van der Waals surface area contributed by atoms with Gasteiger partial charge >= 0.3 is 11.9 Å². The van der Waals surface area contributed by atoms with Crippen molar-refractivity contribution in [2.75, 3.05) is 20.2 Å². The predicted octanol–water partition coefficient (Wildman–Crippen LogP) is 1.76. The lowest BCUT2D eigenvalue weighted by atomic mass is 10.1. The van der Waals surface area contributed by atoms with E-state index in [4.69, 9.17) is 24.5 Å². The molecule has 0 radical (unpaired) electrons. The van der Waals surface area contributed by atoms with Crippen LogP contribution in [-0.2, 0) is 9.59 Å². The van der Waals surface area contributed by atoms with Crippen molar-refractivity contribution < 1.29 is 24.5 Å². The Balaban J connectivity index is 0.000000567. The van der Waals surface area contributed by atoms with Crippen molar-refractivity contribution in [1.29, 1.82) is 0 Å². The highest BCUT2D eigenvalue weighted by Crippen LogP contribution is 2.23. The van der Waals surface area contributed by atoms with Crippen LogP contribution in [0.4, 0.5) is 0 Å². The van der Waals surface area contributed by atoms with Crippen LogP contribution in [0.2, 0.25) is 0 Å². The first kappa shape index (κ1) is 18.9. The molecule has 1 aromatic carbocycles. The number of hydrogen-bond donors (Lipinski definition) is 3. The lowest BCUT2D eigenvalue weighted by Crippen LogP contribution is -2.12. The molecular formula is C15H23NO5. The molecule has 0 amide bonds. The van der Waals surface area contributed by atoms with Crippen LogP contribution in [0, 0.1) is 20.8 Å². The Bertz CT molecular complexity index is 473. The molecule has 0 spiro atoms. The summed E-state index contributed by atoms with van der Waals surface area (Å²) in [5.74, 6) is -2.62. The molecule has 0 bridgehead atoms. The number of aliphatic carboxylic acids is 2. The summed E-state index contributed by atoms with van der Waals surface area (Å²) in [7, 11) is 1.96. The van der Waals surface area contributed by atoms with E-state index in [9.17, 15) is 0 Å². The minimum Gasteiger partial charge on any atom is -0.493 e. The van der Waals surface area contributed by atoms with Crippen molar-refractivity contribution in [1.82, 2.24) is 5.32 Å². The number of aryl methyl sites for hydroxylation is 2.